The largest absolute Gasteiger partial charge is 0.441 e. The van der Waals surface area contributed by atoms with Crippen molar-refractivity contribution in [3.05, 3.63) is 69.0 Å². The number of benzene rings is 1. The summed E-state index contributed by atoms with van der Waals surface area (Å²) < 4.78 is 44.3. The van der Waals surface area contributed by atoms with Gasteiger partial charge in [-0.1, -0.05) is 35.0 Å². The molecule has 3 atom stereocenters. The Kier molecular flexibility index (Phi) is 7.14. The molecule has 2 amide bonds. The second-order valence-corrected chi connectivity index (χ2v) is 9.84. The molecule has 2 unspecified atom stereocenters. The van der Waals surface area contributed by atoms with Crippen LogP contribution in [0.5, 0.6) is 0 Å². The van der Waals surface area contributed by atoms with E-state index in [9.17, 15) is 18.4 Å². The number of carbonyl (C=O) groups is 2. The summed E-state index contributed by atoms with van der Waals surface area (Å²) in [6.45, 7) is 4.88. The summed E-state index contributed by atoms with van der Waals surface area (Å²) >= 11 is 10.9. The monoisotopic (exact) mass is 590 g/mol. The van der Waals surface area contributed by atoms with Crippen molar-refractivity contribution in [2.45, 2.75) is 38.7 Å². The molecule has 1 saturated carbocycles. The quantitative estimate of drug-likeness (QED) is 0.209. The summed E-state index contributed by atoms with van der Waals surface area (Å²) in [5.74, 6) is -7.43. The van der Waals surface area contributed by atoms with Crippen LogP contribution in [0, 0.1) is 24.6 Å². The zero-order valence-corrected chi connectivity index (χ0v) is 22.7. The van der Waals surface area contributed by atoms with Crippen molar-refractivity contribution in [3.63, 3.8) is 0 Å². The molecule has 1 aliphatic carbocycles. The first kappa shape index (κ1) is 27.4. The minimum absolute atomic E-state index is 0.135. The van der Waals surface area contributed by atoms with Crippen molar-refractivity contribution in [3.8, 4) is 11.5 Å². The first-order chi connectivity index (χ1) is 19.0. The second kappa shape index (κ2) is 10.4. The van der Waals surface area contributed by atoms with Crippen LogP contribution in [0.3, 0.4) is 0 Å². The van der Waals surface area contributed by atoms with Gasteiger partial charge < -0.3 is 19.1 Å². The van der Waals surface area contributed by atoms with E-state index in [2.05, 4.69) is 30.9 Å². The number of anilines is 2. The molecule has 4 aromatic rings. The van der Waals surface area contributed by atoms with Crippen LogP contribution in [0.1, 0.15) is 41.7 Å². The van der Waals surface area contributed by atoms with Crippen molar-refractivity contribution in [1.29, 1.82) is 0 Å². The van der Waals surface area contributed by atoms with Crippen molar-refractivity contribution < 1.29 is 32.2 Å². The maximum Gasteiger partial charge on any atom is 0.412 e. The Bertz CT molecular complexity index is 1670. The summed E-state index contributed by atoms with van der Waals surface area (Å²) in [5.41, 5.74) is 2.02. The minimum atomic E-state index is -3.32. The molecule has 3 N–H and O–H groups in total. The zero-order valence-electron chi connectivity index (χ0n) is 21.1. The summed E-state index contributed by atoms with van der Waals surface area (Å²) in [4.78, 5) is 33.2. The molecule has 1 fully saturated rings. The highest BCUT2D eigenvalue weighted by Crippen LogP contribution is 2.61. The Morgan fingerprint density at radius 2 is 1.90 bits per heavy atom. The molecule has 11 nitrogen and oxygen atoms in total. The van der Waals surface area contributed by atoms with Gasteiger partial charge in [-0.05, 0) is 51.2 Å². The molecule has 3 aromatic heterocycles. The van der Waals surface area contributed by atoms with Crippen LogP contribution in [0.15, 0.2) is 45.4 Å². The smallest absolute Gasteiger partial charge is 0.412 e. The lowest BCUT2D eigenvalue weighted by molar-refractivity contribution is -0.119. The Morgan fingerprint density at radius 1 is 1.15 bits per heavy atom. The van der Waals surface area contributed by atoms with E-state index in [0.29, 0.717) is 22.0 Å². The third kappa shape index (κ3) is 5.19. The number of rotatable bonds is 7. The first-order valence-electron chi connectivity index (χ1n) is 11.9. The van der Waals surface area contributed by atoms with Crippen LogP contribution >= 0.6 is 23.8 Å². The lowest BCUT2D eigenvalue weighted by Crippen LogP contribution is -2.18. The number of H-pyrrole nitrogens is 1. The van der Waals surface area contributed by atoms with E-state index < -0.39 is 35.9 Å². The Balaban J connectivity index is 1.29. The Labute approximate surface area is 235 Å². The van der Waals surface area contributed by atoms with E-state index in [-0.39, 0.29) is 33.5 Å². The van der Waals surface area contributed by atoms with Gasteiger partial charge in [-0.15, -0.1) is 0 Å². The predicted molar refractivity (Wildman–Crippen MR) is 141 cm³/mol. The third-order valence-corrected chi connectivity index (χ3v) is 6.90. The fraction of sp³-hybridized carbons (Fsp3) is 0.280. The number of carbonyl (C=O) groups excluding carboxylic acids is 2. The van der Waals surface area contributed by atoms with Gasteiger partial charge in [-0.3, -0.25) is 10.1 Å². The SMILES string of the molecule is Cc1nc(-c2onc(C)c2NC(=O)O[C@H](C)c2ccccc2Cl)ccc1NC(=O)C1C(c2nc(=S)o[nH]2)C1(F)F. The van der Waals surface area contributed by atoms with E-state index in [1.807, 2.05) is 0 Å². The van der Waals surface area contributed by atoms with Gasteiger partial charge in [-0.25, -0.2) is 23.7 Å². The maximum atomic E-state index is 14.4. The molecule has 0 bridgehead atoms. The van der Waals surface area contributed by atoms with Crippen LogP contribution in [0.25, 0.3) is 11.5 Å². The average Bonchev–Trinajstić information content (AvgIpc) is 3.14. The van der Waals surface area contributed by atoms with Crippen molar-refractivity contribution >= 4 is 47.2 Å². The van der Waals surface area contributed by atoms with E-state index in [1.165, 1.54) is 12.1 Å². The van der Waals surface area contributed by atoms with E-state index in [4.69, 9.17) is 37.6 Å². The zero-order chi connectivity index (χ0) is 28.8. The minimum Gasteiger partial charge on any atom is -0.441 e. The standard InChI is InChI=1S/C25H21ClF2N6O5S/c1-10-15(30-22(35)18-17(25(18,27)28)21-32-24(40)39-34-21)8-9-16(29-10)20-19(11(2)33-38-20)31-23(36)37-12(3)13-6-4-5-7-14(13)26/h4-9,12,17-18H,1-3H3,(H,30,35)(H,31,36)(H,32,34,40)/t12-,17?,18?/m1/s1. The summed E-state index contributed by atoms with van der Waals surface area (Å²) in [5, 5.41) is 11.7. The lowest BCUT2D eigenvalue weighted by Gasteiger charge is -2.15. The van der Waals surface area contributed by atoms with Gasteiger partial charge in [0.05, 0.1) is 11.4 Å². The molecule has 3 heterocycles. The average molecular weight is 591 g/mol. The second-order valence-electron chi connectivity index (χ2n) is 9.08. The van der Waals surface area contributed by atoms with Gasteiger partial charge in [0.25, 0.3) is 5.92 Å². The number of hydrogen-bond donors (Lipinski definition) is 3. The molecule has 1 aliphatic rings. The van der Waals surface area contributed by atoms with Gasteiger partial charge in [0.1, 0.15) is 35.0 Å². The molecule has 1 aromatic carbocycles. The van der Waals surface area contributed by atoms with Crippen molar-refractivity contribution in [2.24, 2.45) is 5.92 Å². The first-order valence-corrected chi connectivity index (χ1v) is 12.7. The van der Waals surface area contributed by atoms with Gasteiger partial charge in [0.15, 0.2) is 5.82 Å². The predicted octanol–water partition coefficient (Wildman–Crippen LogP) is 6.35. The van der Waals surface area contributed by atoms with Gasteiger partial charge in [0.2, 0.25) is 11.7 Å². The number of aromatic nitrogens is 4. The number of amides is 2. The fourth-order valence-corrected chi connectivity index (χ4v) is 4.68. The molecule has 0 aliphatic heterocycles. The van der Waals surface area contributed by atoms with Gasteiger partial charge in [-0.2, -0.15) is 4.98 Å². The molecule has 0 radical (unpaired) electrons. The summed E-state index contributed by atoms with van der Waals surface area (Å²) in [7, 11) is 0. The lowest BCUT2D eigenvalue weighted by atomic mass is 10.1. The molecule has 0 saturated heterocycles. The van der Waals surface area contributed by atoms with Crippen molar-refractivity contribution in [2.75, 3.05) is 10.6 Å². The Morgan fingerprint density at radius 3 is 2.58 bits per heavy atom. The number of nitrogens with one attached hydrogen (secondary N) is 3. The van der Waals surface area contributed by atoms with Crippen molar-refractivity contribution in [1.82, 2.24) is 20.3 Å². The van der Waals surface area contributed by atoms with Crippen LogP contribution in [0.2, 0.25) is 5.02 Å². The number of nitrogens with zero attached hydrogens (tertiary/aromatic N) is 3. The topological polar surface area (TPSA) is 148 Å². The molecule has 0 spiro atoms. The number of aryl methyl sites for hydroxylation is 2. The van der Waals surface area contributed by atoms with Crippen LogP contribution in [0.4, 0.5) is 25.0 Å². The van der Waals surface area contributed by atoms with E-state index in [1.54, 1.807) is 45.0 Å². The summed E-state index contributed by atoms with van der Waals surface area (Å²) in [6, 6.07) is 9.96. The van der Waals surface area contributed by atoms with E-state index in [0.717, 1.165) is 0 Å². The number of pyridine rings is 1. The fourth-order valence-electron chi connectivity index (χ4n) is 4.25. The molecular formula is C25H21ClF2N6O5S. The highest BCUT2D eigenvalue weighted by molar-refractivity contribution is 7.71. The maximum absolute atomic E-state index is 14.4. The van der Waals surface area contributed by atoms with Crippen LogP contribution < -0.4 is 10.6 Å². The number of aromatic amines is 1. The van der Waals surface area contributed by atoms with Crippen LogP contribution in [-0.4, -0.2) is 38.2 Å². The number of ether oxygens (including phenoxy) is 1. The number of alkyl halides is 2. The Hall–Kier alpha value is -4.17. The van der Waals surface area contributed by atoms with Gasteiger partial charge >= 0.3 is 10.9 Å². The normalized spacial score (nSPS) is 18.1. The highest BCUT2D eigenvalue weighted by Gasteiger charge is 2.74. The highest BCUT2D eigenvalue weighted by atomic mass is 35.5. The molecule has 40 heavy (non-hydrogen) atoms. The number of hydrogen-bond acceptors (Lipinski definition) is 9. The van der Waals surface area contributed by atoms with Crippen LogP contribution in [-0.2, 0) is 9.53 Å². The molecule has 5 rings (SSSR count). The van der Waals surface area contributed by atoms with E-state index >= 15 is 0 Å². The third-order valence-electron chi connectivity index (χ3n) is 6.38. The molecule has 208 valence electrons. The summed E-state index contributed by atoms with van der Waals surface area (Å²) in [6.07, 6.45) is -1.41. The number of halogens is 3. The van der Waals surface area contributed by atoms with Gasteiger partial charge in [0, 0.05) is 10.6 Å². The molecule has 15 heteroatoms. The molecular weight excluding hydrogens is 570 g/mol.